The summed E-state index contributed by atoms with van der Waals surface area (Å²) in [6, 6.07) is 6.88. The highest BCUT2D eigenvalue weighted by atomic mass is 16.6. The zero-order valence-electron chi connectivity index (χ0n) is 22.9. The van der Waals surface area contributed by atoms with Gasteiger partial charge in [0.2, 0.25) is 5.96 Å². The number of aliphatic carboxylic acids is 1. The van der Waals surface area contributed by atoms with Crippen molar-refractivity contribution in [2.75, 3.05) is 13.1 Å². The van der Waals surface area contributed by atoms with Crippen molar-refractivity contribution in [3.05, 3.63) is 35.9 Å². The lowest BCUT2D eigenvalue weighted by Crippen LogP contribution is -2.56. The first-order valence-corrected chi connectivity index (χ1v) is 12.5. The molecule has 0 saturated carbocycles. The standard InChI is InChI=1S/C26H39N5O7/c1-25(2,3)37-23(35)29-21(27)31(24(36)38-26(4,5)6)18-12-14-30(15-13-18)22(34)28-19(20(32)33)16-17-10-8-7-9-11-17/h7-11,18-19H,12-16H2,1-6H3,(H,28,34)(H,32,33)(H2,27,29,35)/t19-/m0/s1. The summed E-state index contributed by atoms with van der Waals surface area (Å²) in [4.78, 5) is 56.2. The molecule has 1 aliphatic heterocycles. The Balaban J connectivity index is 2.11. The molecule has 1 aromatic carbocycles. The number of benzene rings is 1. The van der Waals surface area contributed by atoms with Crippen molar-refractivity contribution in [2.24, 2.45) is 10.7 Å². The monoisotopic (exact) mass is 533 g/mol. The average Bonchev–Trinajstić information content (AvgIpc) is 2.77. The minimum absolute atomic E-state index is 0.141. The Morgan fingerprint density at radius 2 is 1.61 bits per heavy atom. The SMILES string of the molecule is CC(C)(C)OC(=O)N=C(N)N(C(=O)OC(C)(C)C)C1CCN(C(=O)N[C@@H](Cc2ccccc2)C(=O)O)CC1. The fourth-order valence-corrected chi connectivity index (χ4v) is 3.79. The highest BCUT2D eigenvalue weighted by Crippen LogP contribution is 2.21. The molecule has 0 bridgehead atoms. The molecule has 0 aliphatic carbocycles. The molecule has 12 heteroatoms. The van der Waals surface area contributed by atoms with Gasteiger partial charge in [0.1, 0.15) is 17.2 Å². The molecule has 0 unspecified atom stereocenters. The van der Waals surface area contributed by atoms with Gasteiger partial charge < -0.3 is 30.5 Å². The summed E-state index contributed by atoms with van der Waals surface area (Å²) in [6.07, 6.45) is -0.985. The lowest BCUT2D eigenvalue weighted by Gasteiger charge is -2.38. The van der Waals surface area contributed by atoms with Crippen LogP contribution in [0.25, 0.3) is 0 Å². The van der Waals surface area contributed by atoms with Crippen molar-refractivity contribution in [1.82, 2.24) is 15.1 Å². The first kappa shape index (κ1) is 30.4. The van der Waals surface area contributed by atoms with E-state index in [0.717, 1.165) is 10.5 Å². The fourth-order valence-electron chi connectivity index (χ4n) is 3.79. The van der Waals surface area contributed by atoms with Crippen molar-refractivity contribution in [3.8, 4) is 0 Å². The Morgan fingerprint density at radius 3 is 2.11 bits per heavy atom. The predicted molar refractivity (Wildman–Crippen MR) is 141 cm³/mol. The van der Waals surface area contributed by atoms with Crippen molar-refractivity contribution in [2.45, 2.75) is 84.1 Å². The van der Waals surface area contributed by atoms with Gasteiger partial charge in [-0.2, -0.15) is 0 Å². The highest BCUT2D eigenvalue weighted by molar-refractivity contribution is 5.98. The summed E-state index contributed by atoms with van der Waals surface area (Å²) in [5.74, 6) is -1.51. The second kappa shape index (κ2) is 12.6. The zero-order valence-corrected chi connectivity index (χ0v) is 22.9. The van der Waals surface area contributed by atoms with Gasteiger partial charge in [-0.25, -0.2) is 24.1 Å². The van der Waals surface area contributed by atoms with Crippen molar-refractivity contribution in [3.63, 3.8) is 0 Å². The lowest BCUT2D eigenvalue weighted by atomic mass is 10.0. The van der Waals surface area contributed by atoms with E-state index in [0.29, 0.717) is 12.8 Å². The molecule has 210 valence electrons. The molecule has 12 nitrogen and oxygen atoms in total. The summed E-state index contributed by atoms with van der Waals surface area (Å²) in [7, 11) is 0. The van der Waals surface area contributed by atoms with E-state index in [2.05, 4.69) is 10.3 Å². The zero-order chi connectivity index (χ0) is 28.7. The largest absolute Gasteiger partial charge is 0.480 e. The quantitative estimate of drug-likeness (QED) is 0.383. The summed E-state index contributed by atoms with van der Waals surface area (Å²) in [6.45, 7) is 10.6. The van der Waals surface area contributed by atoms with Crippen LogP contribution in [0, 0.1) is 0 Å². The number of carboxylic acids is 1. The fraction of sp³-hybridized carbons (Fsp3) is 0.577. The number of carbonyl (C=O) groups is 4. The Kier molecular flexibility index (Phi) is 10.1. The summed E-state index contributed by atoms with van der Waals surface area (Å²) >= 11 is 0. The summed E-state index contributed by atoms with van der Waals surface area (Å²) in [5.41, 5.74) is 5.23. The minimum atomic E-state index is -1.14. The summed E-state index contributed by atoms with van der Waals surface area (Å²) < 4.78 is 10.7. The van der Waals surface area contributed by atoms with Crippen LogP contribution in [-0.4, -0.2) is 81.4 Å². The number of carbonyl (C=O) groups excluding carboxylic acids is 3. The number of hydrogen-bond donors (Lipinski definition) is 3. The Bertz CT molecular complexity index is 1020. The van der Waals surface area contributed by atoms with E-state index in [1.54, 1.807) is 65.8 Å². The van der Waals surface area contributed by atoms with E-state index < -0.39 is 47.5 Å². The second-order valence-electron chi connectivity index (χ2n) is 11.0. The van der Waals surface area contributed by atoms with Gasteiger partial charge in [-0.1, -0.05) is 30.3 Å². The number of likely N-dealkylation sites (tertiary alicyclic amines) is 1. The van der Waals surface area contributed by atoms with Crippen LogP contribution in [-0.2, 0) is 20.7 Å². The molecule has 38 heavy (non-hydrogen) atoms. The minimum Gasteiger partial charge on any atom is -0.480 e. The lowest BCUT2D eigenvalue weighted by molar-refractivity contribution is -0.139. The number of nitrogens with zero attached hydrogens (tertiary/aromatic N) is 3. The Labute approximate surface area is 223 Å². The maximum Gasteiger partial charge on any atom is 0.437 e. The first-order chi connectivity index (χ1) is 17.6. The maximum absolute atomic E-state index is 13.0. The van der Waals surface area contributed by atoms with Crippen LogP contribution >= 0.6 is 0 Å². The number of guanidine groups is 1. The topological polar surface area (TPSA) is 164 Å². The normalized spacial score (nSPS) is 15.8. The molecule has 1 aliphatic rings. The highest BCUT2D eigenvalue weighted by Gasteiger charge is 2.36. The molecule has 1 atom stereocenters. The van der Waals surface area contributed by atoms with E-state index in [1.165, 1.54) is 4.90 Å². The van der Waals surface area contributed by atoms with Crippen molar-refractivity contribution >= 4 is 30.1 Å². The molecular formula is C26H39N5O7. The van der Waals surface area contributed by atoms with Gasteiger partial charge in [0, 0.05) is 25.6 Å². The molecular weight excluding hydrogens is 494 g/mol. The number of nitrogens with two attached hydrogens (primary N) is 1. The number of carboxylic acid groups (broad SMARTS) is 1. The molecule has 1 heterocycles. The number of piperidine rings is 1. The number of amides is 4. The van der Waals surface area contributed by atoms with E-state index >= 15 is 0 Å². The third-order valence-corrected chi connectivity index (χ3v) is 5.43. The molecule has 0 radical (unpaired) electrons. The van der Waals surface area contributed by atoms with Gasteiger partial charge in [0.15, 0.2) is 0 Å². The second-order valence-corrected chi connectivity index (χ2v) is 11.0. The van der Waals surface area contributed by atoms with Crippen LogP contribution < -0.4 is 11.1 Å². The Morgan fingerprint density at radius 1 is 1.05 bits per heavy atom. The van der Waals surface area contributed by atoms with Gasteiger partial charge in [-0.05, 0) is 59.9 Å². The van der Waals surface area contributed by atoms with Gasteiger partial charge in [0.25, 0.3) is 0 Å². The van der Waals surface area contributed by atoms with E-state index in [-0.39, 0.29) is 25.5 Å². The smallest absolute Gasteiger partial charge is 0.437 e. The average molecular weight is 534 g/mol. The molecule has 1 saturated heterocycles. The molecule has 1 fully saturated rings. The van der Waals surface area contributed by atoms with Gasteiger partial charge in [-0.15, -0.1) is 4.99 Å². The van der Waals surface area contributed by atoms with Crippen LogP contribution in [0.3, 0.4) is 0 Å². The number of aliphatic imine (C=N–C) groups is 1. The van der Waals surface area contributed by atoms with E-state index in [4.69, 9.17) is 15.2 Å². The third kappa shape index (κ3) is 9.91. The first-order valence-electron chi connectivity index (χ1n) is 12.5. The van der Waals surface area contributed by atoms with Crippen LogP contribution in [0.1, 0.15) is 59.9 Å². The molecule has 0 aromatic heterocycles. The van der Waals surface area contributed by atoms with Crippen LogP contribution in [0.2, 0.25) is 0 Å². The van der Waals surface area contributed by atoms with Crippen LogP contribution in [0.5, 0.6) is 0 Å². The number of urea groups is 1. The van der Waals surface area contributed by atoms with Crippen LogP contribution in [0.15, 0.2) is 35.3 Å². The van der Waals surface area contributed by atoms with Crippen molar-refractivity contribution in [1.29, 1.82) is 0 Å². The third-order valence-electron chi connectivity index (χ3n) is 5.43. The van der Waals surface area contributed by atoms with Gasteiger partial charge in [-0.3, -0.25) is 0 Å². The Hall–Kier alpha value is -3.83. The van der Waals surface area contributed by atoms with E-state index in [1.807, 2.05) is 6.07 Å². The molecule has 2 rings (SSSR count). The number of rotatable bonds is 5. The summed E-state index contributed by atoms with van der Waals surface area (Å²) in [5, 5.41) is 12.2. The molecule has 1 aromatic rings. The van der Waals surface area contributed by atoms with Crippen molar-refractivity contribution < 1.29 is 33.8 Å². The van der Waals surface area contributed by atoms with Gasteiger partial charge in [0.05, 0.1) is 0 Å². The predicted octanol–water partition coefficient (Wildman–Crippen LogP) is 3.34. The maximum atomic E-state index is 13.0. The number of ether oxygens (including phenoxy) is 2. The number of hydrogen-bond acceptors (Lipinski definition) is 6. The van der Waals surface area contributed by atoms with Crippen LogP contribution in [0.4, 0.5) is 14.4 Å². The van der Waals surface area contributed by atoms with Gasteiger partial charge >= 0.3 is 24.2 Å². The molecule has 0 spiro atoms. The molecule has 4 amide bonds. The molecule has 4 N–H and O–H groups in total. The van der Waals surface area contributed by atoms with E-state index in [9.17, 15) is 24.3 Å². The number of nitrogens with one attached hydrogen (secondary N) is 1.